The Kier molecular flexibility index (Phi) is 11.2. The van der Waals surface area contributed by atoms with Gasteiger partial charge in [-0.3, -0.25) is 4.98 Å². The summed E-state index contributed by atoms with van der Waals surface area (Å²) in [4.78, 5) is 10.3. The van der Waals surface area contributed by atoms with Gasteiger partial charge in [0.05, 0.1) is 22.9 Å². The average molecular weight is 903 g/mol. The molecule has 12 rings (SSSR count). The lowest BCUT2D eigenvalue weighted by molar-refractivity contribution is 0.767. The molecule has 3 heteroatoms. The second kappa shape index (κ2) is 18.3. The minimum absolute atomic E-state index is 0.441. The fourth-order valence-corrected chi connectivity index (χ4v) is 11.5. The highest BCUT2D eigenvalue weighted by Gasteiger charge is 2.18. The van der Waals surface area contributed by atoms with E-state index in [0.717, 1.165) is 52.3 Å². The summed E-state index contributed by atoms with van der Waals surface area (Å²) in [6.07, 6.45) is 27.7. The van der Waals surface area contributed by atoms with Crippen molar-refractivity contribution < 1.29 is 0 Å². The van der Waals surface area contributed by atoms with Gasteiger partial charge in [-0.1, -0.05) is 207 Å². The van der Waals surface area contributed by atoms with E-state index >= 15 is 0 Å². The van der Waals surface area contributed by atoms with Gasteiger partial charge in [0.25, 0.3) is 0 Å². The SMILES string of the molecule is CC/C(=C\C=C(/C)C1C=CC=CC1)c1cc(C2=CC=C(c3ccc(-c4cnc5c6ccccc6c6ccccc6c5n4)cc3)CC=C2)c2sc3ccc(-c4ccc(-c5ccccc5)cc4)cc3c2c1. The largest absolute Gasteiger partial charge is 0.252 e. The molecule has 0 fully saturated rings. The Morgan fingerprint density at radius 1 is 0.594 bits per heavy atom. The number of hydrogen-bond acceptors (Lipinski definition) is 3. The van der Waals surface area contributed by atoms with Crippen molar-refractivity contribution in [3.8, 4) is 33.5 Å². The van der Waals surface area contributed by atoms with Gasteiger partial charge in [0.1, 0.15) is 0 Å². The van der Waals surface area contributed by atoms with Crippen LogP contribution in [-0.2, 0) is 0 Å². The van der Waals surface area contributed by atoms with Crippen molar-refractivity contribution in [2.75, 3.05) is 0 Å². The minimum atomic E-state index is 0.441. The van der Waals surface area contributed by atoms with Crippen molar-refractivity contribution in [2.24, 2.45) is 5.92 Å². The molecule has 330 valence electrons. The highest BCUT2D eigenvalue weighted by Crippen LogP contribution is 2.44. The van der Waals surface area contributed by atoms with Crippen molar-refractivity contribution in [2.45, 2.75) is 33.1 Å². The summed E-state index contributed by atoms with van der Waals surface area (Å²) in [7, 11) is 0. The van der Waals surface area contributed by atoms with Gasteiger partial charge in [0.15, 0.2) is 0 Å². The van der Waals surface area contributed by atoms with E-state index in [1.54, 1.807) is 0 Å². The van der Waals surface area contributed by atoms with Crippen LogP contribution >= 0.6 is 11.3 Å². The van der Waals surface area contributed by atoms with Crippen LogP contribution in [0.2, 0.25) is 0 Å². The van der Waals surface area contributed by atoms with Gasteiger partial charge < -0.3 is 0 Å². The highest BCUT2D eigenvalue weighted by molar-refractivity contribution is 7.26. The van der Waals surface area contributed by atoms with Gasteiger partial charge >= 0.3 is 0 Å². The third-order valence-corrected chi connectivity index (χ3v) is 15.4. The van der Waals surface area contributed by atoms with Crippen molar-refractivity contribution in [3.63, 3.8) is 0 Å². The zero-order valence-corrected chi connectivity index (χ0v) is 39.7. The van der Waals surface area contributed by atoms with Crippen LogP contribution in [0.25, 0.3) is 103 Å². The molecule has 0 amide bonds. The maximum Gasteiger partial charge on any atom is 0.0979 e. The Bertz CT molecular complexity index is 3820. The van der Waals surface area contributed by atoms with Crippen LogP contribution in [0.1, 0.15) is 49.8 Å². The van der Waals surface area contributed by atoms with Crippen LogP contribution in [0, 0.1) is 5.92 Å². The van der Waals surface area contributed by atoms with Crippen molar-refractivity contribution in [1.82, 2.24) is 9.97 Å². The highest BCUT2D eigenvalue weighted by atomic mass is 32.1. The van der Waals surface area contributed by atoms with Gasteiger partial charge in [-0.15, -0.1) is 11.3 Å². The van der Waals surface area contributed by atoms with E-state index in [9.17, 15) is 0 Å². The molecule has 10 aromatic rings. The molecule has 0 saturated carbocycles. The van der Waals surface area contributed by atoms with Crippen LogP contribution < -0.4 is 0 Å². The Hall–Kier alpha value is -7.98. The molecule has 0 bridgehead atoms. The number of benzene rings is 8. The molecular formula is C66H50N2S. The number of hydrogen-bond donors (Lipinski definition) is 0. The second-order valence-electron chi connectivity index (χ2n) is 18.3. The third kappa shape index (κ3) is 8.09. The molecular weight excluding hydrogens is 853 g/mol. The first-order chi connectivity index (χ1) is 34.1. The molecule has 0 radical (unpaired) electrons. The maximum atomic E-state index is 5.26. The summed E-state index contributed by atoms with van der Waals surface area (Å²) < 4.78 is 2.62. The summed E-state index contributed by atoms with van der Waals surface area (Å²) in [5.41, 5.74) is 17.7. The van der Waals surface area contributed by atoms with Gasteiger partial charge in [-0.05, 0) is 111 Å². The van der Waals surface area contributed by atoms with Crippen LogP contribution in [-0.4, -0.2) is 9.97 Å². The molecule has 2 aromatic heterocycles. The van der Waals surface area contributed by atoms with Crippen LogP contribution in [0.3, 0.4) is 0 Å². The standard InChI is InChI=1S/C66H50N2S/c1-3-44(26-25-43(2)45-15-6-4-7-16-45)54-40-59(66-61(41-54)60-39-53(37-38-63(60)69-66)50-29-27-48(28-30-50)46-17-8-5-9-18-46)51-20-14-19-47(31-34-51)49-32-35-52(36-33-49)62-42-67-64-57-23-12-10-21-55(57)56-22-11-13-24-58(56)65(64)68-62/h4-15,17-18,20-42,45H,3,16,19H2,1-2H3/b43-25+,44-26+. The van der Waals surface area contributed by atoms with Gasteiger partial charge in [-0.2, -0.15) is 0 Å². The van der Waals surface area contributed by atoms with Crippen LogP contribution in [0.5, 0.6) is 0 Å². The number of aromatic nitrogens is 2. The fraction of sp³-hybridized carbons (Fsp3) is 0.0909. The summed E-state index contributed by atoms with van der Waals surface area (Å²) in [6, 6.07) is 57.5. The predicted molar refractivity (Wildman–Crippen MR) is 298 cm³/mol. The minimum Gasteiger partial charge on any atom is -0.252 e. The van der Waals surface area contributed by atoms with Gasteiger partial charge in [0, 0.05) is 48.0 Å². The zero-order chi connectivity index (χ0) is 46.3. The van der Waals surface area contributed by atoms with E-state index in [-0.39, 0.29) is 0 Å². The van der Waals surface area contributed by atoms with E-state index in [2.05, 4.69) is 232 Å². The number of allylic oxidation sites excluding steroid dienone is 14. The van der Waals surface area contributed by atoms with Crippen molar-refractivity contribution >= 4 is 80.8 Å². The number of nitrogens with zero attached hydrogens (tertiary/aromatic N) is 2. The molecule has 69 heavy (non-hydrogen) atoms. The molecule has 2 heterocycles. The third-order valence-electron chi connectivity index (χ3n) is 14.1. The molecule has 0 spiro atoms. The van der Waals surface area contributed by atoms with Gasteiger partial charge in [0.2, 0.25) is 0 Å². The lowest BCUT2D eigenvalue weighted by Crippen LogP contribution is -1.98. The summed E-state index contributed by atoms with van der Waals surface area (Å²) in [5, 5.41) is 7.28. The lowest BCUT2D eigenvalue weighted by Gasteiger charge is -2.14. The number of fused-ring (bicyclic) bond motifs is 9. The molecule has 2 aliphatic carbocycles. The van der Waals surface area contributed by atoms with Gasteiger partial charge in [-0.25, -0.2) is 4.98 Å². The molecule has 2 nitrogen and oxygen atoms in total. The monoisotopic (exact) mass is 902 g/mol. The molecule has 0 aliphatic heterocycles. The first-order valence-electron chi connectivity index (χ1n) is 24.2. The molecule has 1 unspecified atom stereocenters. The van der Waals surface area contributed by atoms with E-state index in [1.165, 1.54) is 92.2 Å². The molecule has 0 saturated heterocycles. The number of thiophene rings is 1. The van der Waals surface area contributed by atoms with Crippen molar-refractivity contribution in [1.29, 1.82) is 0 Å². The second-order valence-corrected chi connectivity index (χ2v) is 19.4. The quantitative estimate of drug-likeness (QED) is 0.107. The Balaban J connectivity index is 0.915. The normalized spacial score (nSPS) is 15.4. The smallest absolute Gasteiger partial charge is 0.0979 e. The maximum absolute atomic E-state index is 5.26. The van der Waals surface area contributed by atoms with E-state index in [1.807, 2.05) is 17.5 Å². The fourth-order valence-electron chi connectivity index (χ4n) is 10.3. The molecule has 8 aromatic carbocycles. The zero-order valence-electron chi connectivity index (χ0n) is 38.9. The summed E-state index contributed by atoms with van der Waals surface area (Å²) in [6.45, 7) is 4.55. The molecule has 0 N–H and O–H groups in total. The summed E-state index contributed by atoms with van der Waals surface area (Å²) in [5.74, 6) is 0.441. The van der Waals surface area contributed by atoms with E-state index < -0.39 is 0 Å². The van der Waals surface area contributed by atoms with E-state index in [0.29, 0.717) is 5.92 Å². The van der Waals surface area contributed by atoms with Crippen LogP contribution in [0.4, 0.5) is 0 Å². The van der Waals surface area contributed by atoms with Crippen LogP contribution in [0.15, 0.2) is 230 Å². The predicted octanol–water partition coefficient (Wildman–Crippen LogP) is 18.6. The lowest BCUT2D eigenvalue weighted by atomic mass is 9.91. The number of rotatable bonds is 9. The molecule has 1 atom stereocenters. The Morgan fingerprint density at radius 2 is 1.26 bits per heavy atom. The summed E-state index contributed by atoms with van der Waals surface area (Å²) >= 11 is 1.90. The Morgan fingerprint density at radius 3 is 2.00 bits per heavy atom. The van der Waals surface area contributed by atoms with Crippen molar-refractivity contribution in [3.05, 3.63) is 247 Å². The topological polar surface area (TPSA) is 25.8 Å². The molecule has 2 aliphatic rings. The first kappa shape index (κ1) is 42.4. The van der Waals surface area contributed by atoms with E-state index in [4.69, 9.17) is 9.97 Å². The Labute approximate surface area is 408 Å². The first-order valence-corrected chi connectivity index (χ1v) is 25.0. The average Bonchev–Trinajstić information content (AvgIpc) is 3.61.